The molecule has 0 saturated carbocycles. The van der Waals surface area contributed by atoms with Gasteiger partial charge in [0, 0.05) is 17.6 Å². The van der Waals surface area contributed by atoms with Gasteiger partial charge >= 0.3 is 0 Å². The Morgan fingerprint density at radius 1 is 1.00 bits per heavy atom. The number of pyridine rings is 1. The molecule has 0 radical (unpaired) electrons. The van der Waals surface area contributed by atoms with E-state index in [1.807, 2.05) is 13.8 Å². The summed E-state index contributed by atoms with van der Waals surface area (Å²) in [6, 6.07) is 3.34. The molecule has 1 aromatic carbocycles. The first kappa shape index (κ1) is 19.3. The average molecular weight is 408 g/mol. The fourth-order valence-corrected chi connectivity index (χ4v) is 3.25. The minimum absolute atomic E-state index is 0.121. The van der Waals surface area contributed by atoms with Gasteiger partial charge in [-0.25, -0.2) is 4.98 Å². The molecule has 0 aliphatic carbocycles. The molecule has 2 heterocycles. The van der Waals surface area contributed by atoms with Gasteiger partial charge in [-0.05, 0) is 31.5 Å². The van der Waals surface area contributed by atoms with Crippen LogP contribution in [0.4, 0.5) is 5.95 Å². The van der Waals surface area contributed by atoms with E-state index >= 15 is 0 Å². The molecule has 0 aliphatic rings. The number of nitrogens with zero attached hydrogens (tertiary/aromatic N) is 3. The standard InChI is InChI=1S/C18H17Cl2N4O3/c1-8(2)27-17-16-9(7-22-18(21)24-16)5-10(23-17)13-14(19)11(25-3)6-12(26-4)15(13)20/h5-8H,1-4H3,(H-,21,22,24)/q-1. The van der Waals surface area contributed by atoms with Crippen molar-refractivity contribution in [3.8, 4) is 28.6 Å². The molecule has 0 unspecified atom stereocenters. The van der Waals surface area contributed by atoms with Gasteiger partial charge in [0.15, 0.2) is 0 Å². The van der Waals surface area contributed by atoms with Crippen LogP contribution in [0, 0.1) is 0 Å². The number of methoxy groups -OCH3 is 2. The van der Waals surface area contributed by atoms with E-state index < -0.39 is 0 Å². The number of ether oxygens (including phenoxy) is 3. The normalized spacial score (nSPS) is 11.1. The minimum atomic E-state index is -0.147. The number of benzene rings is 1. The van der Waals surface area contributed by atoms with E-state index in [9.17, 15) is 0 Å². The second-order valence-corrected chi connectivity index (χ2v) is 6.65. The number of fused-ring (bicyclic) bond motifs is 1. The van der Waals surface area contributed by atoms with Gasteiger partial charge in [-0.15, -0.1) is 0 Å². The van der Waals surface area contributed by atoms with Crippen molar-refractivity contribution in [2.75, 3.05) is 14.2 Å². The molecule has 0 amide bonds. The Hall–Kier alpha value is -2.51. The van der Waals surface area contributed by atoms with E-state index in [-0.39, 0.29) is 17.9 Å². The van der Waals surface area contributed by atoms with Crippen LogP contribution >= 0.6 is 23.2 Å². The summed E-state index contributed by atoms with van der Waals surface area (Å²) in [6.45, 7) is 3.75. The van der Waals surface area contributed by atoms with Crippen molar-refractivity contribution >= 4 is 40.1 Å². The number of hydrogen-bond acceptors (Lipinski definition) is 6. The highest BCUT2D eigenvalue weighted by molar-refractivity contribution is 6.41. The van der Waals surface area contributed by atoms with Gasteiger partial charge in [0.05, 0.1) is 41.6 Å². The van der Waals surface area contributed by atoms with Gasteiger partial charge in [0.2, 0.25) is 5.88 Å². The maximum atomic E-state index is 7.67. The van der Waals surface area contributed by atoms with Gasteiger partial charge in [-0.1, -0.05) is 23.2 Å². The summed E-state index contributed by atoms with van der Waals surface area (Å²) in [4.78, 5) is 12.6. The monoisotopic (exact) mass is 407 g/mol. The van der Waals surface area contributed by atoms with E-state index in [0.717, 1.165) is 0 Å². The number of halogens is 2. The Labute approximate surface area is 166 Å². The first-order valence-corrected chi connectivity index (χ1v) is 8.77. The van der Waals surface area contributed by atoms with Crippen molar-refractivity contribution in [1.82, 2.24) is 15.0 Å². The fraction of sp³-hybridized carbons (Fsp3) is 0.278. The predicted molar refractivity (Wildman–Crippen MR) is 106 cm³/mol. The summed E-state index contributed by atoms with van der Waals surface area (Å²) in [7, 11) is 3.01. The molecular weight excluding hydrogens is 391 g/mol. The number of rotatable bonds is 5. The quantitative estimate of drug-likeness (QED) is 0.555. The van der Waals surface area contributed by atoms with Crippen LogP contribution in [0.3, 0.4) is 0 Å². The lowest BCUT2D eigenvalue weighted by atomic mass is 10.1. The third-order valence-electron chi connectivity index (χ3n) is 3.71. The summed E-state index contributed by atoms with van der Waals surface area (Å²) in [5.74, 6) is 0.949. The Morgan fingerprint density at radius 3 is 2.19 bits per heavy atom. The van der Waals surface area contributed by atoms with Crippen molar-refractivity contribution in [2.45, 2.75) is 20.0 Å². The lowest BCUT2D eigenvalue weighted by Crippen LogP contribution is -2.08. The van der Waals surface area contributed by atoms with Crippen molar-refractivity contribution < 1.29 is 14.2 Å². The van der Waals surface area contributed by atoms with Crippen LogP contribution in [0.15, 0.2) is 18.3 Å². The maximum absolute atomic E-state index is 7.67. The van der Waals surface area contributed by atoms with Gasteiger partial charge in [-0.2, -0.15) is 0 Å². The maximum Gasteiger partial charge on any atom is 0.224 e. The van der Waals surface area contributed by atoms with Crippen LogP contribution < -0.4 is 14.2 Å². The SMILES string of the molecule is COc1cc(OC)c(Cl)c(-c2cc3cnc([NH-])nc3c(OC(C)C)n2)c1Cl. The van der Waals surface area contributed by atoms with Crippen LogP contribution in [0.2, 0.25) is 10.0 Å². The van der Waals surface area contributed by atoms with Crippen LogP contribution in [-0.4, -0.2) is 35.3 Å². The highest BCUT2D eigenvalue weighted by atomic mass is 35.5. The van der Waals surface area contributed by atoms with E-state index in [0.29, 0.717) is 43.7 Å². The van der Waals surface area contributed by atoms with E-state index in [1.54, 1.807) is 12.1 Å². The van der Waals surface area contributed by atoms with Gasteiger partial charge in [0.25, 0.3) is 0 Å². The molecule has 27 heavy (non-hydrogen) atoms. The summed E-state index contributed by atoms with van der Waals surface area (Å²) in [5, 5.41) is 1.23. The second-order valence-electron chi connectivity index (χ2n) is 5.89. The van der Waals surface area contributed by atoms with E-state index in [2.05, 4.69) is 15.0 Å². The fourth-order valence-electron chi connectivity index (χ4n) is 2.55. The zero-order valence-electron chi connectivity index (χ0n) is 15.1. The Balaban J connectivity index is 2.34. The molecule has 0 fully saturated rings. The first-order valence-electron chi connectivity index (χ1n) is 8.02. The van der Waals surface area contributed by atoms with Gasteiger partial charge in [-0.3, -0.25) is 0 Å². The largest absolute Gasteiger partial charge is 0.495 e. The molecule has 0 aliphatic heterocycles. The molecule has 0 saturated heterocycles. The predicted octanol–water partition coefficient (Wildman–Crippen LogP) is 5.49. The van der Waals surface area contributed by atoms with Crippen LogP contribution in [-0.2, 0) is 0 Å². The van der Waals surface area contributed by atoms with Gasteiger partial charge in [0.1, 0.15) is 11.5 Å². The van der Waals surface area contributed by atoms with Gasteiger partial charge < -0.3 is 29.9 Å². The average Bonchev–Trinajstić information content (AvgIpc) is 2.62. The number of aromatic nitrogens is 3. The Morgan fingerprint density at radius 2 is 1.63 bits per heavy atom. The molecule has 142 valence electrons. The molecule has 2 aromatic heterocycles. The first-order chi connectivity index (χ1) is 12.8. The number of nitrogens with one attached hydrogen (secondary N) is 1. The molecule has 0 bridgehead atoms. The molecule has 1 N–H and O–H groups in total. The van der Waals surface area contributed by atoms with Crippen molar-refractivity contribution in [3.05, 3.63) is 34.1 Å². The summed E-state index contributed by atoms with van der Waals surface area (Å²) in [6.07, 6.45) is 1.38. The van der Waals surface area contributed by atoms with Crippen LogP contribution in [0.1, 0.15) is 13.8 Å². The van der Waals surface area contributed by atoms with Crippen molar-refractivity contribution in [2.24, 2.45) is 0 Å². The molecule has 9 heteroatoms. The van der Waals surface area contributed by atoms with E-state index in [1.165, 1.54) is 20.4 Å². The molecule has 0 atom stereocenters. The molecule has 0 spiro atoms. The second kappa shape index (κ2) is 7.62. The Kier molecular flexibility index (Phi) is 5.43. The zero-order chi connectivity index (χ0) is 19.7. The minimum Gasteiger partial charge on any atom is -0.495 e. The highest BCUT2D eigenvalue weighted by Crippen LogP contribution is 2.46. The molecule has 7 nitrogen and oxygen atoms in total. The topological polar surface area (TPSA) is 90.2 Å². The number of hydrogen-bond donors (Lipinski definition) is 0. The highest BCUT2D eigenvalue weighted by Gasteiger charge is 2.21. The third kappa shape index (κ3) is 3.65. The zero-order valence-corrected chi connectivity index (χ0v) is 16.6. The van der Waals surface area contributed by atoms with Crippen LogP contribution in [0.25, 0.3) is 27.9 Å². The summed E-state index contributed by atoms with van der Waals surface area (Å²) in [5.41, 5.74) is 9.00. The van der Waals surface area contributed by atoms with Crippen molar-refractivity contribution in [1.29, 1.82) is 0 Å². The van der Waals surface area contributed by atoms with Crippen molar-refractivity contribution in [3.63, 3.8) is 0 Å². The molecular formula is C18H17Cl2N4O3-. The molecule has 3 rings (SSSR count). The summed E-state index contributed by atoms with van der Waals surface area (Å²) >= 11 is 13.0. The molecule has 3 aromatic rings. The smallest absolute Gasteiger partial charge is 0.224 e. The lowest BCUT2D eigenvalue weighted by molar-refractivity contribution is 0.236. The van der Waals surface area contributed by atoms with Crippen LogP contribution in [0.5, 0.6) is 17.4 Å². The summed E-state index contributed by atoms with van der Waals surface area (Å²) < 4.78 is 16.5. The Bertz CT molecular complexity index is 984. The lowest BCUT2D eigenvalue weighted by Gasteiger charge is -2.18. The third-order valence-corrected chi connectivity index (χ3v) is 4.46. The van der Waals surface area contributed by atoms with E-state index in [4.69, 9.17) is 43.1 Å².